The van der Waals surface area contributed by atoms with Crippen molar-refractivity contribution in [1.29, 1.82) is 0 Å². The number of aliphatic hydroxyl groups is 1. The summed E-state index contributed by atoms with van der Waals surface area (Å²) in [6.45, 7) is 5.28. The van der Waals surface area contributed by atoms with E-state index in [1.807, 2.05) is 38.2 Å². The predicted molar refractivity (Wildman–Crippen MR) is 113 cm³/mol. The van der Waals surface area contributed by atoms with Gasteiger partial charge in [0.25, 0.3) is 0 Å². The van der Waals surface area contributed by atoms with E-state index in [9.17, 15) is 9.90 Å². The predicted octanol–water partition coefficient (Wildman–Crippen LogP) is 3.65. The molecule has 0 saturated carbocycles. The molecule has 0 spiro atoms. The molecule has 1 fully saturated rings. The topological polar surface area (TPSA) is 87.1 Å². The highest BCUT2D eigenvalue weighted by molar-refractivity contribution is 7.13. The molecule has 164 valence electrons. The summed E-state index contributed by atoms with van der Waals surface area (Å²) in [5, 5.41) is 10.4. The number of rotatable bonds is 11. The Morgan fingerprint density at radius 2 is 2.17 bits per heavy atom. The Kier molecular flexibility index (Phi) is 8.21. The van der Waals surface area contributed by atoms with Gasteiger partial charge < -0.3 is 24.1 Å². The molecule has 0 aliphatic carbocycles. The van der Waals surface area contributed by atoms with Gasteiger partial charge in [-0.25, -0.2) is 0 Å². The number of thiazole rings is 1. The summed E-state index contributed by atoms with van der Waals surface area (Å²) in [7, 11) is 1.66. The van der Waals surface area contributed by atoms with Crippen molar-refractivity contribution in [3.63, 3.8) is 0 Å². The molecular weight excluding hydrogens is 406 g/mol. The lowest BCUT2D eigenvalue weighted by Gasteiger charge is -2.18. The first kappa shape index (κ1) is 22.7. The van der Waals surface area contributed by atoms with Gasteiger partial charge in [0.15, 0.2) is 12.4 Å². The van der Waals surface area contributed by atoms with E-state index in [4.69, 9.17) is 18.9 Å². The van der Waals surface area contributed by atoms with E-state index in [1.54, 1.807) is 24.0 Å². The average molecular weight is 436 g/mol. The van der Waals surface area contributed by atoms with E-state index in [2.05, 4.69) is 4.98 Å². The van der Waals surface area contributed by atoms with Gasteiger partial charge in [0, 0.05) is 38.3 Å². The number of carbonyl (C=O) groups is 1. The molecule has 1 aromatic heterocycles. The molecule has 1 aliphatic heterocycles. The van der Waals surface area contributed by atoms with Crippen molar-refractivity contribution in [2.45, 2.75) is 45.7 Å². The van der Waals surface area contributed by atoms with Crippen molar-refractivity contribution in [3.05, 3.63) is 35.5 Å². The van der Waals surface area contributed by atoms with Crippen LogP contribution in [-0.4, -0.2) is 48.8 Å². The van der Waals surface area contributed by atoms with E-state index in [0.29, 0.717) is 19.6 Å². The number of ether oxygens (including phenoxy) is 4. The number of nitrogens with zero attached hydrogens (tertiary/aromatic N) is 1. The minimum Gasteiger partial charge on any atom is -0.493 e. The highest BCUT2D eigenvalue weighted by Crippen LogP contribution is 2.34. The Balaban J connectivity index is 1.63. The minimum absolute atomic E-state index is 0.173. The zero-order valence-electron chi connectivity index (χ0n) is 17.6. The van der Waals surface area contributed by atoms with Gasteiger partial charge >= 0.3 is 5.97 Å². The van der Waals surface area contributed by atoms with E-state index >= 15 is 0 Å². The monoisotopic (exact) mass is 435 g/mol. The van der Waals surface area contributed by atoms with Gasteiger partial charge in [0.05, 0.1) is 29.5 Å². The second-order valence-electron chi connectivity index (χ2n) is 7.65. The number of carbonyl (C=O) groups excluding carboxylic acids is 1. The molecule has 1 aromatic carbocycles. The minimum atomic E-state index is -1.16. The Bertz CT molecular complexity index is 810. The summed E-state index contributed by atoms with van der Waals surface area (Å²) < 4.78 is 22.0. The van der Waals surface area contributed by atoms with Crippen LogP contribution in [0, 0.1) is 11.8 Å². The zero-order valence-corrected chi connectivity index (χ0v) is 18.4. The van der Waals surface area contributed by atoms with Crippen molar-refractivity contribution >= 4 is 17.3 Å². The first-order valence-electron chi connectivity index (χ1n) is 10.1. The maximum Gasteiger partial charge on any atom is 0.309 e. The zero-order chi connectivity index (χ0) is 21.5. The summed E-state index contributed by atoms with van der Waals surface area (Å²) in [5.74, 6) is 0.447. The number of aromatic nitrogens is 1. The van der Waals surface area contributed by atoms with Crippen molar-refractivity contribution in [3.8, 4) is 16.2 Å². The first-order chi connectivity index (χ1) is 14.5. The molecule has 2 heterocycles. The number of methoxy groups -OCH3 is 1. The smallest absolute Gasteiger partial charge is 0.309 e. The molecule has 3 atom stereocenters. The fraction of sp³-hybridized carbons (Fsp3) is 0.545. The number of aliphatic hydroxyl groups excluding tert-OH is 1. The molecule has 3 unspecified atom stereocenters. The van der Waals surface area contributed by atoms with E-state index < -0.39 is 12.4 Å². The summed E-state index contributed by atoms with van der Waals surface area (Å²) in [6, 6.07) is 5.81. The van der Waals surface area contributed by atoms with Crippen LogP contribution in [0.1, 0.15) is 32.3 Å². The van der Waals surface area contributed by atoms with Crippen LogP contribution in [0.2, 0.25) is 0 Å². The van der Waals surface area contributed by atoms with Crippen LogP contribution in [0.25, 0.3) is 10.4 Å². The van der Waals surface area contributed by atoms with Crippen LogP contribution < -0.4 is 4.74 Å². The Labute approximate surface area is 180 Å². The fourth-order valence-corrected chi connectivity index (χ4v) is 4.01. The molecule has 1 N–H and O–H groups in total. The van der Waals surface area contributed by atoms with Gasteiger partial charge in [-0.1, -0.05) is 19.9 Å². The van der Waals surface area contributed by atoms with E-state index in [1.165, 1.54) is 0 Å². The summed E-state index contributed by atoms with van der Waals surface area (Å²) in [6.07, 6.45) is 1.26. The molecule has 0 amide bonds. The lowest BCUT2D eigenvalue weighted by Crippen LogP contribution is -2.28. The molecule has 0 bridgehead atoms. The number of hydrogen-bond acceptors (Lipinski definition) is 8. The number of benzene rings is 1. The largest absolute Gasteiger partial charge is 0.493 e. The number of cyclic esters (lactones) is 1. The Morgan fingerprint density at radius 1 is 1.33 bits per heavy atom. The molecule has 2 aromatic rings. The van der Waals surface area contributed by atoms with Gasteiger partial charge in [0.1, 0.15) is 5.75 Å². The standard InChI is InChI=1S/C22H29NO6S/c1-14(2)17-10-19(29-21(17)24)22(25)28-12-15-5-6-16(20-11-23-13-30-20)18(9-15)27-8-4-7-26-3/h5-6,9,11,13-14,17,19,22,25H,4,7-8,10,12H2,1-3H3. The van der Waals surface area contributed by atoms with Crippen LogP contribution in [0.3, 0.4) is 0 Å². The molecule has 30 heavy (non-hydrogen) atoms. The van der Waals surface area contributed by atoms with Crippen LogP contribution >= 0.6 is 11.3 Å². The second kappa shape index (κ2) is 10.9. The fourth-order valence-electron chi connectivity index (χ4n) is 3.35. The van der Waals surface area contributed by atoms with E-state index in [-0.39, 0.29) is 24.4 Å². The van der Waals surface area contributed by atoms with Crippen LogP contribution in [0.5, 0.6) is 5.75 Å². The lowest BCUT2D eigenvalue weighted by atomic mass is 9.93. The summed E-state index contributed by atoms with van der Waals surface area (Å²) in [4.78, 5) is 17.1. The highest BCUT2D eigenvalue weighted by Gasteiger charge is 2.40. The van der Waals surface area contributed by atoms with Crippen molar-refractivity contribution < 1.29 is 28.8 Å². The van der Waals surface area contributed by atoms with Gasteiger partial charge in [-0.05, 0) is 23.6 Å². The molecular formula is C22H29NO6S. The van der Waals surface area contributed by atoms with Gasteiger partial charge in [-0.2, -0.15) is 0 Å². The molecule has 1 aliphatic rings. The Hall–Kier alpha value is -2.00. The van der Waals surface area contributed by atoms with Gasteiger partial charge in [-0.15, -0.1) is 11.3 Å². The van der Waals surface area contributed by atoms with Gasteiger partial charge in [0.2, 0.25) is 0 Å². The van der Waals surface area contributed by atoms with Crippen molar-refractivity contribution in [2.24, 2.45) is 11.8 Å². The van der Waals surface area contributed by atoms with E-state index in [0.717, 1.165) is 28.2 Å². The number of hydrogen-bond donors (Lipinski definition) is 1. The number of esters is 1. The molecule has 1 saturated heterocycles. The third-order valence-electron chi connectivity index (χ3n) is 5.09. The maximum absolute atomic E-state index is 11.9. The average Bonchev–Trinajstić information content (AvgIpc) is 3.39. The normalized spacial score (nSPS) is 19.8. The molecule has 7 nitrogen and oxygen atoms in total. The quantitative estimate of drug-likeness (QED) is 0.327. The van der Waals surface area contributed by atoms with Gasteiger partial charge in [-0.3, -0.25) is 9.78 Å². The lowest BCUT2D eigenvalue weighted by molar-refractivity contribution is -0.181. The molecule has 8 heteroatoms. The third-order valence-corrected chi connectivity index (χ3v) is 5.90. The van der Waals surface area contributed by atoms with Crippen LogP contribution in [-0.2, 0) is 25.6 Å². The van der Waals surface area contributed by atoms with Crippen LogP contribution in [0.15, 0.2) is 29.9 Å². The van der Waals surface area contributed by atoms with Crippen LogP contribution in [0.4, 0.5) is 0 Å². The van der Waals surface area contributed by atoms with Crippen molar-refractivity contribution in [1.82, 2.24) is 4.98 Å². The summed E-state index contributed by atoms with van der Waals surface area (Å²) in [5.41, 5.74) is 3.60. The third kappa shape index (κ3) is 5.78. The molecule has 3 rings (SSSR count). The maximum atomic E-state index is 11.9. The second-order valence-corrected chi connectivity index (χ2v) is 8.54. The Morgan fingerprint density at radius 3 is 2.83 bits per heavy atom. The summed E-state index contributed by atoms with van der Waals surface area (Å²) >= 11 is 1.54. The SMILES string of the molecule is COCCCOc1cc(COC(O)C2CC(C(C)C)C(=O)O2)ccc1-c1cncs1. The highest BCUT2D eigenvalue weighted by atomic mass is 32.1. The molecule has 0 radical (unpaired) electrons. The first-order valence-corrected chi connectivity index (χ1v) is 11.0. The van der Waals surface area contributed by atoms with Crippen molar-refractivity contribution in [2.75, 3.05) is 20.3 Å².